The van der Waals surface area contributed by atoms with Gasteiger partial charge in [-0.05, 0) is 17.7 Å². The Morgan fingerprint density at radius 3 is 2.53 bits per heavy atom. The van der Waals surface area contributed by atoms with Crippen molar-refractivity contribution >= 4 is 17.5 Å². The Balaban J connectivity index is 2.10. The molecule has 0 bridgehead atoms. The van der Waals surface area contributed by atoms with Crippen LogP contribution < -0.4 is 11.1 Å². The lowest BCUT2D eigenvalue weighted by Crippen LogP contribution is -2.50. The number of amides is 2. The average molecular weight is 237 g/mol. The molecule has 2 rings (SSSR count). The minimum Gasteiger partial charge on any atom is -0.398 e. The van der Waals surface area contributed by atoms with Crippen LogP contribution in [-0.4, -0.2) is 29.8 Å². The molecule has 0 spiro atoms. The van der Waals surface area contributed by atoms with Gasteiger partial charge in [0.05, 0.1) is 13.1 Å². The molecule has 0 radical (unpaired) electrons. The summed E-state index contributed by atoms with van der Waals surface area (Å²) in [7, 11) is 0. The maximum Gasteiger partial charge on any atom is 0.240 e. The van der Waals surface area contributed by atoms with E-state index in [9.17, 15) is 14.0 Å². The number of carbonyl (C=O) groups is 2. The molecule has 1 aromatic rings. The number of imide groups is 1. The highest BCUT2D eigenvalue weighted by atomic mass is 19.1. The quantitative estimate of drug-likeness (QED) is 0.555. The normalized spacial score (nSPS) is 17.0. The van der Waals surface area contributed by atoms with Gasteiger partial charge in [0.15, 0.2) is 0 Å². The van der Waals surface area contributed by atoms with Crippen molar-refractivity contribution in [3.05, 3.63) is 29.6 Å². The Morgan fingerprint density at radius 1 is 1.29 bits per heavy atom. The van der Waals surface area contributed by atoms with E-state index in [0.29, 0.717) is 17.8 Å². The highest BCUT2D eigenvalue weighted by molar-refractivity contribution is 5.99. The zero-order valence-electron chi connectivity index (χ0n) is 9.07. The number of nitrogens with one attached hydrogen (secondary N) is 1. The van der Waals surface area contributed by atoms with Crippen molar-refractivity contribution in [2.45, 2.75) is 6.54 Å². The highest BCUT2D eigenvalue weighted by Crippen LogP contribution is 2.16. The molecule has 0 unspecified atom stereocenters. The number of nitrogens with two attached hydrogens (primary N) is 1. The van der Waals surface area contributed by atoms with E-state index in [1.54, 1.807) is 11.0 Å². The van der Waals surface area contributed by atoms with E-state index in [1.807, 2.05) is 0 Å². The van der Waals surface area contributed by atoms with Gasteiger partial charge in [0.25, 0.3) is 0 Å². The van der Waals surface area contributed by atoms with Gasteiger partial charge in [-0.25, -0.2) is 4.39 Å². The second-order valence-electron chi connectivity index (χ2n) is 3.96. The molecule has 90 valence electrons. The van der Waals surface area contributed by atoms with Crippen LogP contribution in [0.15, 0.2) is 18.2 Å². The summed E-state index contributed by atoms with van der Waals surface area (Å²) < 4.78 is 12.8. The molecule has 1 saturated heterocycles. The molecule has 0 saturated carbocycles. The molecule has 17 heavy (non-hydrogen) atoms. The Kier molecular flexibility index (Phi) is 3.06. The van der Waals surface area contributed by atoms with Crippen LogP contribution in [0, 0.1) is 5.82 Å². The molecule has 0 aliphatic carbocycles. The minimum atomic E-state index is -0.404. The molecular weight excluding hydrogens is 225 g/mol. The lowest BCUT2D eigenvalue weighted by Gasteiger charge is -2.25. The predicted molar refractivity (Wildman–Crippen MR) is 59.2 cm³/mol. The topological polar surface area (TPSA) is 75.4 Å². The number of nitrogens with zero attached hydrogens (tertiary/aromatic N) is 1. The first-order chi connectivity index (χ1) is 8.04. The summed E-state index contributed by atoms with van der Waals surface area (Å²) >= 11 is 0. The van der Waals surface area contributed by atoms with E-state index in [4.69, 9.17) is 5.73 Å². The van der Waals surface area contributed by atoms with E-state index in [0.717, 1.165) is 0 Å². The molecule has 6 heteroatoms. The van der Waals surface area contributed by atoms with Crippen LogP contribution >= 0.6 is 0 Å². The third-order valence-corrected chi connectivity index (χ3v) is 2.52. The smallest absolute Gasteiger partial charge is 0.240 e. The van der Waals surface area contributed by atoms with Crippen LogP contribution in [0.3, 0.4) is 0 Å². The number of anilines is 1. The lowest BCUT2D eigenvalue weighted by molar-refractivity contribution is -0.136. The number of rotatable bonds is 2. The second kappa shape index (κ2) is 4.50. The van der Waals surface area contributed by atoms with Gasteiger partial charge in [0.1, 0.15) is 5.82 Å². The first-order valence-corrected chi connectivity index (χ1v) is 5.13. The fourth-order valence-corrected chi connectivity index (χ4v) is 1.76. The van der Waals surface area contributed by atoms with E-state index < -0.39 is 5.82 Å². The molecule has 0 aromatic heterocycles. The summed E-state index contributed by atoms with van der Waals surface area (Å²) in [5.41, 5.74) is 6.68. The largest absolute Gasteiger partial charge is 0.398 e. The van der Waals surface area contributed by atoms with Gasteiger partial charge < -0.3 is 5.73 Å². The third kappa shape index (κ3) is 2.79. The van der Waals surface area contributed by atoms with Crippen molar-refractivity contribution in [2.75, 3.05) is 18.8 Å². The molecular formula is C11H12FN3O2. The number of nitrogen functional groups attached to an aromatic ring is 1. The first-order valence-electron chi connectivity index (χ1n) is 5.13. The van der Waals surface area contributed by atoms with Crippen molar-refractivity contribution in [2.24, 2.45) is 0 Å². The van der Waals surface area contributed by atoms with Crippen LogP contribution in [0.5, 0.6) is 0 Å². The van der Waals surface area contributed by atoms with Gasteiger partial charge in [-0.15, -0.1) is 0 Å². The Morgan fingerprint density at radius 2 is 1.94 bits per heavy atom. The Bertz CT molecular complexity index is 460. The zero-order valence-corrected chi connectivity index (χ0v) is 9.07. The standard InChI is InChI=1S/C11H12FN3O2/c12-8-2-1-7(9(13)3-8)4-15-5-10(16)14-11(17)6-15/h1-3H,4-6,13H2,(H,14,16,17). The van der Waals surface area contributed by atoms with E-state index in [-0.39, 0.29) is 24.9 Å². The number of halogens is 1. The SMILES string of the molecule is Nc1cc(F)ccc1CN1CC(=O)NC(=O)C1. The molecule has 5 nitrogen and oxygen atoms in total. The summed E-state index contributed by atoms with van der Waals surface area (Å²) in [5.74, 6) is -1.07. The first kappa shape index (κ1) is 11.5. The number of hydrogen-bond acceptors (Lipinski definition) is 4. The molecule has 1 aliphatic rings. The van der Waals surface area contributed by atoms with Gasteiger partial charge >= 0.3 is 0 Å². The van der Waals surface area contributed by atoms with E-state index in [1.165, 1.54) is 12.1 Å². The summed E-state index contributed by atoms with van der Waals surface area (Å²) in [6.07, 6.45) is 0. The second-order valence-corrected chi connectivity index (χ2v) is 3.96. The number of carbonyl (C=O) groups excluding carboxylic acids is 2. The monoisotopic (exact) mass is 237 g/mol. The van der Waals surface area contributed by atoms with Gasteiger partial charge in [0.2, 0.25) is 11.8 Å². The van der Waals surface area contributed by atoms with E-state index in [2.05, 4.69) is 5.32 Å². The third-order valence-electron chi connectivity index (χ3n) is 2.52. The molecule has 1 fully saturated rings. The number of piperazine rings is 1. The number of benzene rings is 1. The summed E-state index contributed by atoms with van der Waals surface area (Å²) in [5, 5.41) is 2.21. The van der Waals surface area contributed by atoms with Crippen molar-refractivity contribution < 1.29 is 14.0 Å². The molecule has 1 aliphatic heterocycles. The van der Waals surface area contributed by atoms with Crippen LogP contribution in [-0.2, 0) is 16.1 Å². The minimum absolute atomic E-state index is 0.141. The van der Waals surface area contributed by atoms with Crippen LogP contribution in [0.4, 0.5) is 10.1 Å². The highest BCUT2D eigenvalue weighted by Gasteiger charge is 2.22. The maximum atomic E-state index is 12.8. The summed E-state index contributed by atoms with van der Waals surface area (Å²) in [4.78, 5) is 24.0. The molecule has 1 aromatic carbocycles. The lowest BCUT2D eigenvalue weighted by atomic mass is 10.1. The average Bonchev–Trinajstić information content (AvgIpc) is 2.21. The molecule has 1 heterocycles. The van der Waals surface area contributed by atoms with Gasteiger partial charge in [-0.1, -0.05) is 6.07 Å². The Hall–Kier alpha value is -1.95. The number of hydrogen-bond donors (Lipinski definition) is 2. The van der Waals surface area contributed by atoms with Gasteiger partial charge in [0, 0.05) is 12.2 Å². The molecule has 3 N–H and O–H groups in total. The molecule has 2 amide bonds. The van der Waals surface area contributed by atoms with E-state index >= 15 is 0 Å². The maximum absolute atomic E-state index is 12.8. The summed E-state index contributed by atoms with van der Waals surface area (Å²) in [6, 6.07) is 4.08. The fraction of sp³-hybridized carbons (Fsp3) is 0.273. The van der Waals surface area contributed by atoms with Crippen LogP contribution in [0.1, 0.15) is 5.56 Å². The van der Waals surface area contributed by atoms with Crippen molar-refractivity contribution in [1.29, 1.82) is 0 Å². The predicted octanol–water partition coefficient (Wildman–Crippen LogP) is -0.134. The van der Waals surface area contributed by atoms with Crippen molar-refractivity contribution in [3.63, 3.8) is 0 Å². The van der Waals surface area contributed by atoms with Crippen LogP contribution in [0.25, 0.3) is 0 Å². The van der Waals surface area contributed by atoms with Crippen molar-refractivity contribution in [3.8, 4) is 0 Å². The molecule has 0 atom stereocenters. The fourth-order valence-electron chi connectivity index (χ4n) is 1.76. The zero-order chi connectivity index (χ0) is 12.4. The Labute approximate surface area is 97.4 Å². The summed E-state index contributed by atoms with van der Waals surface area (Å²) in [6.45, 7) is 0.635. The van der Waals surface area contributed by atoms with Gasteiger partial charge in [-0.3, -0.25) is 19.8 Å². The van der Waals surface area contributed by atoms with Crippen LogP contribution in [0.2, 0.25) is 0 Å². The van der Waals surface area contributed by atoms with Crippen molar-refractivity contribution in [1.82, 2.24) is 10.2 Å². The van der Waals surface area contributed by atoms with Gasteiger partial charge in [-0.2, -0.15) is 0 Å².